The van der Waals surface area contributed by atoms with Crippen molar-refractivity contribution in [2.24, 2.45) is 0 Å². The summed E-state index contributed by atoms with van der Waals surface area (Å²) in [5.74, 6) is 0.164. The SMILES string of the molecule is Nc1cc([As]2NCCN2)ccc1O. The Bertz CT molecular complexity index is 312. The van der Waals surface area contributed by atoms with Gasteiger partial charge in [-0.1, -0.05) is 0 Å². The van der Waals surface area contributed by atoms with Gasteiger partial charge in [0.1, 0.15) is 0 Å². The summed E-state index contributed by atoms with van der Waals surface area (Å²) in [7, 11) is 0. The summed E-state index contributed by atoms with van der Waals surface area (Å²) in [5, 5.41) is 9.24. The van der Waals surface area contributed by atoms with Crippen LogP contribution in [0.15, 0.2) is 18.2 Å². The quantitative estimate of drug-likeness (QED) is 0.285. The summed E-state index contributed by atoms with van der Waals surface area (Å²) in [6.45, 7) is 2.06. The van der Waals surface area contributed by atoms with Crippen LogP contribution in [0.1, 0.15) is 0 Å². The standard InChI is InChI=1S/C8H12AsN3O/c10-7-5-6(1-2-8(7)13)9-11-3-4-12-9/h1-2,5,11-13H,3-4,10H2. The molecule has 0 spiro atoms. The van der Waals surface area contributed by atoms with Crippen LogP contribution in [0.4, 0.5) is 5.69 Å². The van der Waals surface area contributed by atoms with Gasteiger partial charge in [-0.3, -0.25) is 0 Å². The number of rotatable bonds is 1. The van der Waals surface area contributed by atoms with Crippen LogP contribution in [-0.4, -0.2) is 33.3 Å². The Balaban J connectivity index is 2.25. The molecule has 4 nitrogen and oxygen atoms in total. The number of hydrogen-bond acceptors (Lipinski definition) is 4. The molecule has 0 atom stereocenters. The average molecular weight is 241 g/mol. The Morgan fingerprint density at radius 1 is 1.31 bits per heavy atom. The van der Waals surface area contributed by atoms with Gasteiger partial charge in [0.2, 0.25) is 0 Å². The number of hydrogen-bond donors (Lipinski definition) is 4. The number of nitrogen functional groups attached to an aromatic ring is 1. The summed E-state index contributed by atoms with van der Waals surface area (Å²) in [6, 6.07) is 5.43. The molecule has 1 aromatic rings. The summed E-state index contributed by atoms with van der Waals surface area (Å²) in [6.07, 6.45) is 0. The van der Waals surface area contributed by atoms with Crippen molar-refractivity contribution in [3.05, 3.63) is 18.2 Å². The topological polar surface area (TPSA) is 70.3 Å². The van der Waals surface area contributed by atoms with Crippen LogP contribution in [0.2, 0.25) is 0 Å². The maximum atomic E-state index is 9.24. The molecule has 0 amide bonds. The van der Waals surface area contributed by atoms with Crippen molar-refractivity contribution >= 4 is 25.1 Å². The van der Waals surface area contributed by atoms with E-state index in [1.807, 2.05) is 12.1 Å². The Labute approximate surface area is 81.9 Å². The van der Waals surface area contributed by atoms with E-state index >= 15 is 0 Å². The van der Waals surface area contributed by atoms with E-state index in [2.05, 4.69) is 8.47 Å². The molecular weight excluding hydrogens is 229 g/mol. The van der Waals surface area contributed by atoms with Crippen LogP contribution in [0.5, 0.6) is 5.75 Å². The van der Waals surface area contributed by atoms with Crippen molar-refractivity contribution in [1.29, 1.82) is 0 Å². The third kappa shape index (κ3) is 1.80. The van der Waals surface area contributed by atoms with Crippen LogP contribution in [0.3, 0.4) is 0 Å². The second-order valence-corrected chi connectivity index (χ2v) is 6.71. The molecule has 0 unspecified atom stereocenters. The Hall–Kier alpha value is -0.702. The van der Waals surface area contributed by atoms with E-state index in [1.165, 1.54) is 4.35 Å². The first kappa shape index (κ1) is 8.88. The molecule has 5 heteroatoms. The summed E-state index contributed by atoms with van der Waals surface area (Å²) < 4.78 is 8.04. The Morgan fingerprint density at radius 2 is 2.00 bits per heavy atom. The molecule has 70 valence electrons. The molecule has 1 saturated heterocycles. The Kier molecular flexibility index (Phi) is 2.44. The minimum absolute atomic E-state index is 0.164. The van der Waals surface area contributed by atoms with Gasteiger partial charge in [0.05, 0.1) is 0 Å². The molecule has 5 N–H and O–H groups in total. The fourth-order valence-electron chi connectivity index (χ4n) is 1.25. The summed E-state index contributed by atoms with van der Waals surface area (Å²) in [4.78, 5) is 0. The second kappa shape index (κ2) is 3.58. The molecule has 13 heavy (non-hydrogen) atoms. The monoisotopic (exact) mass is 241 g/mol. The first-order chi connectivity index (χ1) is 6.27. The molecule has 0 aliphatic carbocycles. The van der Waals surface area contributed by atoms with Gasteiger partial charge in [0, 0.05) is 0 Å². The van der Waals surface area contributed by atoms with Gasteiger partial charge in [0.15, 0.2) is 0 Å². The second-order valence-electron chi connectivity index (χ2n) is 2.89. The fraction of sp³-hybridized carbons (Fsp3) is 0.250. The molecule has 2 rings (SSSR count). The van der Waals surface area contributed by atoms with Gasteiger partial charge in [-0.25, -0.2) is 0 Å². The number of phenols is 1. The van der Waals surface area contributed by atoms with Crippen LogP contribution in [0.25, 0.3) is 0 Å². The molecule has 1 aliphatic heterocycles. The first-order valence-electron chi connectivity index (χ1n) is 4.13. The Morgan fingerprint density at radius 3 is 2.62 bits per heavy atom. The van der Waals surface area contributed by atoms with Crippen LogP contribution in [0, 0.1) is 0 Å². The first-order valence-corrected chi connectivity index (χ1v) is 6.94. The zero-order chi connectivity index (χ0) is 9.26. The van der Waals surface area contributed by atoms with Crippen molar-refractivity contribution in [3.8, 4) is 5.75 Å². The molecule has 0 radical (unpaired) electrons. The van der Waals surface area contributed by atoms with E-state index in [9.17, 15) is 5.11 Å². The molecule has 1 fully saturated rings. The van der Waals surface area contributed by atoms with Crippen LogP contribution < -0.4 is 18.6 Å². The molecule has 0 bridgehead atoms. The average Bonchev–Trinajstić information content (AvgIpc) is 2.62. The van der Waals surface area contributed by atoms with E-state index in [-0.39, 0.29) is 5.75 Å². The molecule has 0 aromatic heterocycles. The van der Waals surface area contributed by atoms with Gasteiger partial charge >= 0.3 is 81.5 Å². The molecule has 0 saturated carbocycles. The van der Waals surface area contributed by atoms with E-state index < -0.39 is 15.1 Å². The fourth-order valence-corrected chi connectivity index (χ4v) is 4.69. The van der Waals surface area contributed by atoms with Crippen molar-refractivity contribution in [2.75, 3.05) is 18.8 Å². The van der Waals surface area contributed by atoms with Crippen molar-refractivity contribution < 1.29 is 5.11 Å². The van der Waals surface area contributed by atoms with Crippen molar-refractivity contribution in [3.63, 3.8) is 0 Å². The number of phenolic OH excluding ortho intramolecular Hbond substituents is 1. The molecular formula is C8H12AsN3O. The number of nitrogens with two attached hydrogens (primary N) is 1. The van der Waals surface area contributed by atoms with Gasteiger partial charge in [-0.2, -0.15) is 0 Å². The molecule has 1 heterocycles. The normalized spacial score (nSPS) is 17.8. The van der Waals surface area contributed by atoms with E-state index in [0.717, 1.165) is 13.1 Å². The van der Waals surface area contributed by atoms with Gasteiger partial charge in [-0.05, 0) is 0 Å². The predicted octanol–water partition coefficient (Wildman–Crippen LogP) is -1.14. The van der Waals surface area contributed by atoms with Gasteiger partial charge in [-0.15, -0.1) is 0 Å². The number of benzene rings is 1. The molecule has 1 aliphatic rings. The maximum absolute atomic E-state index is 9.24. The number of anilines is 1. The van der Waals surface area contributed by atoms with E-state index in [1.54, 1.807) is 6.07 Å². The van der Waals surface area contributed by atoms with Crippen LogP contribution >= 0.6 is 0 Å². The third-order valence-electron chi connectivity index (χ3n) is 1.93. The van der Waals surface area contributed by atoms with Gasteiger partial charge in [0.25, 0.3) is 0 Å². The minimum atomic E-state index is -1.25. The number of nitrogens with one attached hydrogen (secondary N) is 2. The van der Waals surface area contributed by atoms with Crippen molar-refractivity contribution in [2.45, 2.75) is 0 Å². The zero-order valence-corrected chi connectivity index (χ0v) is 8.99. The van der Waals surface area contributed by atoms with E-state index in [0.29, 0.717) is 5.69 Å². The van der Waals surface area contributed by atoms with Gasteiger partial charge < -0.3 is 0 Å². The molecule has 1 aromatic carbocycles. The van der Waals surface area contributed by atoms with E-state index in [4.69, 9.17) is 5.73 Å². The summed E-state index contributed by atoms with van der Waals surface area (Å²) >= 11 is -1.25. The van der Waals surface area contributed by atoms with Crippen molar-refractivity contribution in [1.82, 2.24) is 8.47 Å². The summed E-state index contributed by atoms with van der Waals surface area (Å²) in [5.41, 5.74) is 6.07. The zero-order valence-electron chi connectivity index (χ0n) is 7.12. The third-order valence-corrected chi connectivity index (χ3v) is 5.87. The van der Waals surface area contributed by atoms with Crippen LogP contribution in [-0.2, 0) is 0 Å². The number of aromatic hydroxyl groups is 1. The predicted molar refractivity (Wildman–Crippen MR) is 53.9 cm³/mol.